The van der Waals surface area contributed by atoms with E-state index in [1.165, 1.54) is 16.3 Å². The van der Waals surface area contributed by atoms with Crippen LogP contribution in [0.2, 0.25) is 0 Å². The van der Waals surface area contributed by atoms with Gasteiger partial charge in [-0.1, -0.05) is 78.9 Å². The van der Waals surface area contributed by atoms with Gasteiger partial charge in [-0.2, -0.15) is 0 Å². The molecule has 0 bridgehead atoms. The molecule has 0 fully saturated rings. The summed E-state index contributed by atoms with van der Waals surface area (Å²) >= 11 is 0. The van der Waals surface area contributed by atoms with Crippen molar-refractivity contribution in [2.75, 3.05) is 0 Å². The van der Waals surface area contributed by atoms with E-state index in [0.717, 1.165) is 12.0 Å². The van der Waals surface area contributed by atoms with Crippen molar-refractivity contribution in [3.05, 3.63) is 96.1 Å². The number of hydrogen-bond acceptors (Lipinski definition) is 1. The molecule has 0 radical (unpaired) electrons. The lowest BCUT2D eigenvalue weighted by Crippen LogP contribution is -1.98. The number of benzene rings is 3. The fraction of sp³-hybridized carbons (Fsp3) is 0.0952. The molecule has 0 amide bonds. The number of carbonyl (C=O) groups excluding carboxylic acids is 1. The monoisotopic (exact) mass is 286 g/mol. The Morgan fingerprint density at radius 2 is 1.50 bits per heavy atom. The summed E-state index contributed by atoms with van der Waals surface area (Å²) in [7, 11) is 0. The van der Waals surface area contributed by atoms with Crippen LogP contribution in [0.3, 0.4) is 0 Å². The zero-order valence-electron chi connectivity index (χ0n) is 12.4. The van der Waals surface area contributed by atoms with E-state index in [0.29, 0.717) is 6.42 Å². The van der Waals surface area contributed by atoms with Gasteiger partial charge in [0.2, 0.25) is 0 Å². The molecular formula is C21H18O. The van der Waals surface area contributed by atoms with Crippen molar-refractivity contribution in [2.45, 2.75) is 12.8 Å². The Kier molecular flexibility index (Phi) is 4.45. The minimum absolute atomic E-state index is 0.145. The fourth-order valence-electron chi connectivity index (χ4n) is 2.55. The number of carbonyl (C=O) groups is 1. The molecule has 0 atom stereocenters. The van der Waals surface area contributed by atoms with Gasteiger partial charge in [-0.05, 0) is 34.4 Å². The second kappa shape index (κ2) is 6.86. The Morgan fingerprint density at radius 1 is 0.773 bits per heavy atom. The zero-order valence-corrected chi connectivity index (χ0v) is 12.4. The van der Waals surface area contributed by atoms with Gasteiger partial charge in [-0.15, -0.1) is 0 Å². The molecule has 0 aliphatic carbocycles. The maximum atomic E-state index is 12.1. The number of ketones is 1. The summed E-state index contributed by atoms with van der Waals surface area (Å²) in [6.45, 7) is 0. The summed E-state index contributed by atoms with van der Waals surface area (Å²) in [5.74, 6) is 0.145. The summed E-state index contributed by atoms with van der Waals surface area (Å²) in [4.78, 5) is 12.1. The van der Waals surface area contributed by atoms with Crippen LogP contribution in [0.4, 0.5) is 0 Å². The first-order valence-electron chi connectivity index (χ1n) is 7.52. The van der Waals surface area contributed by atoms with Gasteiger partial charge in [-0.3, -0.25) is 4.79 Å². The lowest BCUT2D eigenvalue weighted by atomic mass is 10.0. The van der Waals surface area contributed by atoms with Crippen LogP contribution in [0, 0.1) is 0 Å². The predicted molar refractivity (Wildman–Crippen MR) is 91.9 cm³/mol. The second-order valence-corrected chi connectivity index (χ2v) is 5.42. The maximum Gasteiger partial charge on any atom is 0.159 e. The van der Waals surface area contributed by atoms with Crippen LogP contribution in [-0.2, 0) is 17.6 Å². The molecule has 0 N–H and O–H groups in total. The molecule has 0 unspecified atom stereocenters. The zero-order chi connectivity index (χ0) is 15.2. The van der Waals surface area contributed by atoms with Gasteiger partial charge in [-0.25, -0.2) is 0 Å². The second-order valence-electron chi connectivity index (χ2n) is 5.42. The summed E-state index contributed by atoms with van der Waals surface area (Å²) in [5, 5.41) is 2.39. The Morgan fingerprint density at radius 3 is 2.32 bits per heavy atom. The summed E-state index contributed by atoms with van der Waals surface area (Å²) in [6.07, 6.45) is 4.89. The predicted octanol–water partition coefficient (Wildman–Crippen LogP) is 4.75. The normalized spacial score (nSPS) is 11.1. The van der Waals surface area contributed by atoms with E-state index in [-0.39, 0.29) is 5.78 Å². The molecule has 0 spiro atoms. The van der Waals surface area contributed by atoms with Gasteiger partial charge < -0.3 is 0 Å². The van der Waals surface area contributed by atoms with E-state index in [9.17, 15) is 4.79 Å². The van der Waals surface area contributed by atoms with Gasteiger partial charge >= 0.3 is 0 Å². The molecule has 3 aromatic rings. The molecule has 1 nitrogen and oxygen atoms in total. The van der Waals surface area contributed by atoms with Crippen LogP contribution in [-0.4, -0.2) is 5.78 Å². The number of hydrogen-bond donors (Lipinski definition) is 0. The van der Waals surface area contributed by atoms with E-state index in [2.05, 4.69) is 36.4 Å². The summed E-state index contributed by atoms with van der Waals surface area (Å²) in [6, 6.07) is 24.6. The van der Waals surface area contributed by atoms with Crippen LogP contribution in [0.15, 0.2) is 84.9 Å². The fourth-order valence-corrected chi connectivity index (χ4v) is 2.55. The van der Waals surface area contributed by atoms with Crippen LogP contribution < -0.4 is 0 Å². The first-order valence-corrected chi connectivity index (χ1v) is 7.52. The minimum atomic E-state index is 0.145. The molecule has 3 aromatic carbocycles. The third-order valence-electron chi connectivity index (χ3n) is 3.69. The van der Waals surface area contributed by atoms with E-state index in [4.69, 9.17) is 0 Å². The molecule has 0 saturated carbocycles. The molecule has 0 aliphatic rings. The van der Waals surface area contributed by atoms with E-state index < -0.39 is 0 Å². The summed E-state index contributed by atoms with van der Waals surface area (Å²) < 4.78 is 0. The lowest BCUT2D eigenvalue weighted by Gasteiger charge is -2.01. The number of rotatable bonds is 5. The van der Waals surface area contributed by atoms with Gasteiger partial charge in [0.05, 0.1) is 0 Å². The highest BCUT2D eigenvalue weighted by Gasteiger charge is 2.01. The van der Waals surface area contributed by atoms with Gasteiger partial charge in [0.25, 0.3) is 0 Å². The molecule has 0 aliphatic heterocycles. The third-order valence-corrected chi connectivity index (χ3v) is 3.69. The van der Waals surface area contributed by atoms with Gasteiger partial charge in [0, 0.05) is 6.42 Å². The quantitative estimate of drug-likeness (QED) is 0.619. The van der Waals surface area contributed by atoms with Crippen LogP contribution in [0.5, 0.6) is 0 Å². The van der Waals surface area contributed by atoms with Crippen LogP contribution >= 0.6 is 0 Å². The molecule has 0 heterocycles. The average Bonchev–Trinajstić information content (AvgIpc) is 2.56. The molecule has 3 rings (SSSR count). The summed E-state index contributed by atoms with van der Waals surface area (Å²) in [5.41, 5.74) is 2.28. The van der Waals surface area contributed by atoms with E-state index in [1.807, 2.05) is 42.5 Å². The van der Waals surface area contributed by atoms with Crippen molar-refractivity contribution in [2.24, 2.45) is 0 Å². The van der Waals surface area contributed by atoms with Gasteiger partial charge in [0.15, 0.2) is 5.78 Å². The molecule has 1 heteroatoms. The maximum absolute atomic E-state index is 12.1. The molecule has 22 heavy (non-hydrogen) atoms. The molecule has 0 aromatic heterocycles. The Labute approximate surface area is 130 Å². The van der Waals surface area contributed by atoms with Crippen LogP contribution in [0.1, 0.15) is 11.1 Å². The minimum Gasteiger partial charge on any atom is -0.294 e. The standard InChI is InChI=1S/C21H18O/c22-21(12-6-9-17-7-2-1-3-8-17)16-18-13-14-19-10-4-5-11-20(19)15-18/h1-8,10-15H,9,16H2/b12-6+. The number of fused-ring (bicyclic) bond motifs is 1. The molecular weight excluding hydrogens is 268 g/mol. The molecule has 0 saturated heterocycles. The highest BCUT2D eigenvalue weighted by Crippen LogP contribution is 2.16. The smallest absolute Gasteiger partial charge is 0.159 e. The Bertz CT molecular complexity index is 800. The molecule has 108 valence electrons. The van der Waals surface area contributed by atoms with Crippen LogP contribution in [0.25, 0.3) is 10.8 Å². The van der Waals surface area contributed by atoms with Crippen molar-refractivity contribution in [1.82, 2.24) is 0 Å². The van der Waals surface area contributed by atoms with E-state index in [1.54, 1.807) is 6.08 Å². The van der Waals surface area contributed by atoms with Crippen molar-refractivity contribution in [3.8, 4) is 0 Å². The Hall–Kier alpha value is -2.67. The number of allylic oxidation sites excluding steroid dienone is 2. The topological polar surface area (TPSA) is 17.1 Å². The van der Waals surface area contributed by atoms with Crippen molar-refractivity contribution in [3.63, 3.8) is 0 Å². The Balaban J connectivity index is 1.63. The average molecular weight is 286 g/mol. The lowest BCUT2D eigenvalue weighted by molar-refractivity contribution is -0.114. The first kappa shape index (κ1) is 14.3. The highest BCUT2D eigenvalue weighted by atomic mass is 16.1. The SMILES string of the molecule is O=C(/C=C/Cc1ccccc1)Cc1ccc2ccccc2c1. The van der Waals surface area contributed by atoms with Crippen molar-refractivity contribution in [1.29, 1.82) is 0 Å². The van der Waals surface area contributed by atoms with Crippen molar-refractivity contribution < 1.29 is 4.79 Å². The van der Waals surface area contributed by atoms with Crippen molar-refractivity contribution >= 4 is 16.6 Å². The third kappa shape index (κ3) is 3.70. The van der Waals surface area contributed by atoms with Gasteiger partial charge in [0.1, 0.15) is 0 Å². The first-order chi connectivity index (χ1) is 10.8. The highest BCUT2D eigenvalue weighted by molar-refractivity contribution is 5.92. The largest absolute Gasteiger partial charge is 0.294 e. The van der Waals surface area contributed by atoms with E-state index >= 15 is 0 Å².